The summed E-state index contributed by atoms with van der Waals surface area (Å²) in [5.41, 5.74) is -2.62. The largest absolute Gasteiger partial charge is 0.446 e. The molecule has 0 rings (SSSR count). The van der Waals surface area contributed by atoms with Crippen molar-refractivity contribution in [3.63, 3.8) is 0 Å². The van der Waals surface area contributed by atoms with Gasteiger partial charge in [0.2, 0.25) is 11.4 Å². The zero-order valence-electron chi connectivity index (χ0n) is 6.74. The van der Waals surface area contributed by atoms with Crippen LogP contribution in [0.5, 0.6) is 0 Å². The summed E-state index contributed by atoms with van der Waals surface area (Å²) in [6.45, 7) is -4.03. The van der Waals surface area contributed by atoms with Crippen molar-refractivity contribution in [1.82, 2.24) is 0 Å². The van der Waals surface area contributed by atoms with Gasteiger partial charge in [-0.15, -0.1) is 0 Å². The van der Waals surface area contributed by atoms with E-state index in [4.69, 9.17) is 11.2 Å². The molecule has 0 aliphatic heterocycles. The maximum absolute atomic E-state index is 12.5. The van der Waals surface area contributed by atoms with E-state index >= 15 is 0 Å². The van der Waals surface area contributed by atoms with Crippen molar-refractivity contribution in [2.45, 2.75) is 13.1 Å². The summed E-state index contributed by atoms with van der Waals surface area (Å²) in [6.07, 6.45) is -5.56. The van der Waals surface area contributed by atoms with Gasteiger partial charge >= 0.3 is 12.9 Å². The van der Waals surface area contributed by atoms with Crippen LogP contribution in [0.2, 0.25) is 0 Å². The minimum atomic E-state index is -5.56. The molecule has 1 unspecified atom stereocenters. The van der Waals surface area contributed by atoms with Gasteiger partial charge in [0.25, 0.3) is 0 Å². The average molecular weight is 259 g/mol. The first kappa shape index (κ1) is 13.9. The normalized spacial score (nSPS) is 18.8. The molecule has 0 aromatic heterocycles. The van der Waals surface area contributed by atoms with E-state index in [0.717, 1.165) is 0 Å². The van der Waals surface area contributed by atoms with Crippen LogP contribution in [-0.4, -0.2) is 12.8 Å². The highest BCUT2D eigenvalue weighted by Gasteiger charge is 2.44. The standard InChI is InChI=1S/C5H5ClF5O2P/c1-2-13-14(6,12)4(8)3(7)5(9,10)11/h2H2,1H3. The van der Waals surface area contributed by atoms with Gasteiger partial charge in [0.1, 0.15) is 0 Å². The Balaban J connectivity index is 5.10. The SMILES string of the molecule is CCOP(=O)(Cl)C(F)=C(F)C(F)(F)F. The summed E-state index contributed by atoms with van der Waals surface area (Å²) < 4.78 is 74.1. The van der Waals surface area contributed by atoms with Crippen molar-refractivity contribution in [3.8, 4) is 0 Å². The second-order valence-corrected chi connectivity index (χ2v) is 4.95. The highest BCUT2D eigenvalue weighted by Crippen LogP contribution is 2.62. The van der Waals surface area contributed by atoms with Crippen molar-refractivity contribution in [2.24, 2.45) is 0 Å². The molecule has 0 radical (unpaired) electrons. The van der Waals surface area contributed by atoms with Gasteiger partial charge in [0.05, 0.1) is 6.61 Å². The van der Waals surface area contributed by atoms with Gasteiger partial charge in [-0.1, -0.05) is 0 Å². The van der Waals surface area contributed by atoms with Crippen LogP contribution in [0.15, 0.2) is 11.4 Å². The molecule has 0 aliphatic carbocycles. The van der Waals surface area contributed by atoms with Crippen molar-refractivity contribution in [1.29, 1.82) is 0 Å². The maximum Gasteiger partial charge on any atom is 0.446 e. The van der Waals surface area contributed by atoms with Gasteiger partial charge in [-0.25, -0.2) is 0 Å². The van der Waals surface area contributed by atoms with Gasteiger partial charge in [-0.2, -0.15) is 22.0 Å². The van der Waals surface area contributed by atoms with Gasteiger partial charge in [-0.3, -0.25) is 4.57 Å². The number of allylic oxidation sites excluding steroid dienone is 1. The monoisotopic (exact) mass is 258 g/mol. The van der Waals surface area contributed by atoms with Crippen LogP contribution in [0, 0.1) is 0 Å². The summed E-state index contributed by atoms with van der Waals surface area (Å²) in [5, 5.41) is 0. The molecule has 0 aromatic rings. The predicted molar refractivity (Wildman–Crippen MR) is 40.4 cm³/mol. The van der Waals surface area contributed by atoms with Gasteiger partial charge < -0.3 is 4.52 Å². The number of hydrogen-bond acceptors (Lipinski definition) is 2. The molecule has 0 heterocycles. The highest BCUT2D eigenvalue weighted by molar-refractivity contribution is 7.88. The third-order valence-electron chi connectivity index (χ3n) is 0.960. The fourth-order valence-corrected chi connectivity index (χ4v) is 1.78. The minimum absolute atomic E-state index is 0.403. The van der Waals surface area contributed by atoms with E-state index in [0.29, 0.717) is 0 Å². The lowest BCUT2D eigenvalue weighted by Crippen LogP contribution is -2.09. The van der Waals surface area contributed by atoms with Gasteiger partial charge in [-0.05, 0) is 18.2 Å². The maximum atomic E-state index is 12.5. The van der Waals surface area contributed by atoms with E-state index in [2.05, 4.69) is 4.52 Å². The van der Waals surface area contributed by atoms with Crippen LogP contribution in [0.25, 0.3) is 0 Å². The first-order chi connectivity index (χ1) is 6.13. The Bertz CT molecular complexity index is 286. The molecule has 14 heavy (non-hydrogen) atoms. The minimum Gasteiger partial charge on any atom is -0.313 e. The molecule has 0 aliphatic rings. The zero-order valence-corrected chi connectivity index (χ0v) is 8.39. The molecule has 0 bridgehead atoms. The third-order valence-corrected chi connectivity index (χ3v) is 2.95. The molecule has 0 amide bonds. The Morgan fingerprint density at radius 2 is 1.86 bits per heavy atom. The van der Waals surface area contributed by atoms with Crippen molar-refractivity contribution >= 4 is 18.0 Å². The molecule has 0 aromatic carbocycles. The Hall–Kier alpha value is -0.130. The second kappa shape index (κ2) is 4.59. The van der Waals surface area contributed by atoms with Crippen LogP contribution in [-0.2, 0) is 9.09 Å². The van der Waals surface area contributed by atoms with Gasteiger partial charge in [0.15, 0.2) is 0 Å². The molecule has 1 atom stereocenters. The summed E-state index contributed by atoms with van der Waals surface area (Å²) in [4.78, 5) is 0. The Morgan fingerprint density at radius 1 is 1.43 bits per heavy atom. The zero-order chi connectivity index (χ0) is 11.6. The molecule has 0 saturated carbocycles. The van der Waals surface area contributed by atoms with Crippen LogP contribution >= 0.6 is 18.0 Å². The van der Waals surface area contributed by atoms with Crippen LogP contribution in [0.1, 0.15) is 6.92 Å². The molecule has 9 heteroatoms. The Morgan fingerprint density at radius 3 is 2.14 bits per heavy atom. The topological polar surface area (TPSA) is 26.3 Å². The lowest BCUT2D eigenvalue weighted by Gasteiger charge is -2.09. The number of halogens is 6. The van der Waals surface area contributed by atoms with E-state index in [9.17, 15) is 26.5 Å². The molecule has 84 valence electrons. The summed E-state index contributed by atoms with van der Waals surface area (Å²) in [7, 11) is 0. The van der Waals surface area contributed by atoms with Crippen LogP contribution in [0.3, 0.4) is 0 Å². The lowest BCUT2D eigenvalue weighted by atomic mass is 10.6. The fraction of sp³-hybridized carbons (Fsp3) is 0.600. The summed E-state index contributed by atoms with van der Waals surface area (Å²) in [5.74, 6) is -3.13. The van der Waals surface area contributed by atoms with Gasteiger partial charge in [0, 0.05) is 0 Å². The third kappa shape index (κ3) is 3.55. The summed E-state index contributed by atoms with van der Waals surface area (Å²) >= 11 is 4.75. The smallest absolute Gasteiger partial charge is 0.313 e. The van der Waals surface area contributed by atoms with Crippen LogP contribution in [0.4, 0.5) is 22.0 Å². The number of rotatable bonds is 3. The lowest BCUT2D eigenvalue weighted by molar-refractivity contribution is -0.110. The van der Waals surface area contributed by atoms with Crippen molar-refractivity contribution in [3.05, 3.63) is 11.4 Å². The quantitative estimate of drug-likeness (QED) is 0.562. The van der Waals surface area contributed by atoms with Crippen molar-refractivity contribution < 1.29 is 31.0 Å². The molecule has 0 N–H and O–H groups in total. The highest BCUT2D eigenvalue weighted by atomic mass is 35.7. The predicted octanol–water partition coefficient (Wildman–Crippen LogP) is 4.13. The Kier molecular flexibility index (Phi) is 4.55. The molecular weight excluding hydrogens is 253 g/mol. The molecule has 0 fully saturated rings. The average Bonchev–Trinajstić information content (AvgIpc) is 2.00. The van der Waals surface area contributed by atoms with Crippen molar-refractivity contribution in [2.75, 3.05) is 6.61 Å². The molecule has 0 saturated heterocycles. The number of hydrogen-bond donors (Lipinski definition) is 0. The molecule has 2 nitrogen and oxygen atoms in total. The first-order valence-electron chi connectivity index (χ1n) is 3.20. The van der Waals surface area contributed by atoms with E-state index in [1.807, 2.05) is 0 Å². The molecule has 0 spiro atoms. The van der Waals surface area contributed by atoms with E-state index in [1.54, 1.807) is 0 Å². The summed E-state index contributed by atoms with van der Waals surface area (Å²) in [6, 6.07) is 0. The molecular formula is C5H5ClF5O2P. The Labute approximate surface area is 80.9 Å². The van der Waals surface area contributed by atoms with E-state index < -0.39 is 30.9 Å². The van der Waals surface area contributed by atoms with Crippen LogP contribution < -0.4 is 0 Å². The first-order valence-corrected chi connectivity index (χ1v) is 5.73. The second-order valence-electron chi connectivity index (χ2n) is 2.00. The van der Waals surface area contributed by atoms with E-state index in [1.165, 1.54) is 6.92 Å². The number of alkyl halides is 3. The van der Waals surface area contributed by atoms with E-state index in [-0.39, 0.29) is 0 Å². The fourth-order valence-electron chi connectivity index (χ4n) is 0.457.